The number of likely N-dealkylation sites (N-methyl/N-ethyl adjacent to an activating group) is 1. The summed E-state index contributed by atoms with van der Waals surface area (Å²) < 4.78 is 0. The van der Waals surface area contributed by atoms with Gasteiger partial charge in [-0.25, -0.2) is 0 Å². The lowest BCUT2D eigenvalue weighted by Gasteiger charge is -2.34. The van der Waals surface area contributed by atoms with E-state index in [1.165, 1.54) is 12.6 Å². The predicted octanol–water partition coefficient (Wildman–Crippen LogP) is 2.84. The summed E-state index contributed by atoms with van der Waals surface area (Å²) in [5, 5.41) is 8.88. The average molecular weight is 396 g/mol. The maximum Gasteiger partial charge on any atom is 0.226 e. The van der Waals surface area contributed by atoms with Crippen molar-refractivity contribution in [2.45, 2.75) is 13.3 Å². The fourth-order valence-electron chi connectivity index (χ4n) is 3.24. The van der Waals surface area contributed by atoms with Crippen molar-refractivity contribution in [2.24, 2.45) is 0 Å². The molecule has 1 saturated heterocycles. The molecule has 0 saturated carbocycles. The Hall–Kier alpha value is -3.06. The molecule has 1 aliphatic heterocycles. The van der Waals surface area contributed by atoms with E-state index in [0.29, 0.717) is 13.0 Å². The number of carbonyl (C=O) groups excluding carboxylic acids is 2. The molecule has 1 aliphatic rings. The largest absolute Gasteiger partial charge is 0.385 e. The zero-order chi connectivity index (χ0) is 20.6. The molecule has 1 heterocycles. The summed E-state index contributed by atoms with van der Waals surface area (Å²) in [4.78, 5) is 27.9. The van der Waals surface area contributed by atoms with Gasteiger partial charge in [0.15, 0.2) is 0 Å². The van der Waals surface area contributed by atoms with Gasteiger partial charge in [-0.3, -0.25) is 9.59 Å². The molecule has 0 bridgehead atoms. The fraction of sp³-hybridized carbons (Fsp3) is 0.364. The van der Waals surface area contributed by atoms with Gasteiger partial charge in [0, 0.05) is 68.8 Å². The smallest absolute Gasteiger partial charge is 0.226 e. The summed E-state index contributed by atoms with van der Waals surface area (Å²) >= 11 is 0. The highest BCUT2D eigenvalue weighted by Gasteiger charge is 2.14. The predicted molar refractivity (Wildman–Crippen MR) is 119 cm³/mol. The lowest BCUT2D eigenvalue weighted by Crippen LogP contribution is -2.44. The number of hydrogen-bond donors (Lipinski definition) is 3. The summed E-state index contributed by atoms with van der Waals surface area (Å²) in [7, 11) is 2.14. The third-order valence-corrected chi connectivity index (χ3v) is 4.91. The summed E-state index contributed by atoms with van der Waals surface area (Å²) in [6, 6.07) is 15.4. The first kappa shape index (κ1) is 20.7. The number of amides is 2. The zero-order valence-electron chi connectivity index (χ0n) is 17.1. The number of anilines is 4. The zero-order valence-corrected chi connectivity index (χ0v) is 17.1. The van der Waals surface area contributed by atoms with E-state index < -0.39 is 0 Å². The number of nitrogens with one attached hydrogen (secondary N) is 3. The molecule has 0 aliphatic carbocycles. The van der Waals surface area contributed by atoms with Crippen molar-refractivity contribution < 1.29 is 9.59 Å². The number of benzene rings is 2. The van der Waals surface area contributed by atoms with Crippen LogP contribution in [0.1, 0.15) is 13.3 Å². The van der Waals surface area contributed by atoms with Gasteiger partial charge in [-0.05, 0) is 55.6 Å². The van der Waals surface area contributed by atoms with Crippen LogP contribution < -0.4 is 20.9 Å². The lowest BCUT2D eigenvalue weighted by atomic mass is 10.2. The SMILES string of the molecule is CC(=O)Nc1ccc(NCCC(=O)Nc2ccc(N3CCN(C)CC3)cc2)cc1. The van der Waals surface area contributed by atoms with Gasteiger partial charge < -0.3 is 25.8 Å². The van der Waals surface area contributed by atoms with Crippen molar-refractivity contribution >= 4 is 34.6 Å². The second-order valence-corrected chi connectivity index (χ2v) is 7.32. The monoisotopic (exact) mass is 395 g/mol. The molecule has 1 fully saturated rings. The molecule has 0 radical (unpaired) electrons. The third-order valence-electron chi connectivity index (χ3n) is 4.91. The van der Waals surface area contributed by atoms with Crippen LogP contribution in [0.15, 0.2) is 48.5 Å². The highest BCUT2D eigenvalue weighted by molar-refractivity contribution is 5.91. The van der Waals surface area contributed by atoms with E-state index in [1.54, 1.807) is 0 Å². The first-order chi connectivity index (χ1) is 14.0. The molecule has 154 valence electrons. The highest BCUT2D eigenvalue weighted by Crippen LogP contribution is 2.19. The highest BCUT2D eigenvalue weighted by atomic mass is 16.2. The van der Waals surface area contributed by atoms with Crippen LogP contribution in [0.3, 0.4) is 0 Å². The Morgan fingerprint density at radius 3 is 2.00 bits per heavy atom. The first-order valence-electron chi connectivity index (χ1n) is 9.94. The Labute approximate surface area is 172 Å². The van der Waals surface area contributed by atoms with E-state index in [-0.39, 0.29) is 11.8 Å². The maximum absolute atomic E-state index is 12.2. The van der Waals surface area contributed by atoms with Gasteiger partial charge in [0.05, 0.1) is 0 Å². The summed E-state index contributed by atoms with van der Waals surface area (Å²) in [6.07, 6.45) is 0.369. The van der Waals surface area contributed by atoms with Gasteiger partial charge in [0.25, 0.3) is 0 Å². The van der Waals surface area contributed by atoms with E-state index >= 15 is 0 Å². The van der Waals surface area contributed by atoms with Gasteiger partial charge in [-0.1, -0.05) is 0 Å². The Morgan fingerprint density at radius 1 is 0.828 bits per heavy atom. The topological polar surface area (TPSA) is 76.7 Å². The average Bonchev–Trinajstić information content (AvgIpc) is 2.70. The van der Waals surface area contributed by atoms with Gasteiger partial charge >= 0.3 is 0 Å². The molecule has 7 heteroatoms. The molecular formula is C22H29N5O2. The Balaban J connectivity index is 1.40. The Bertz CT molecular complexity index is 812. The van der Waals surface area contributed by atoms with E-state index in [2.05, 4.69) is 44.9 Å². The van der Waals surface area contributed by atoms with E-state index in [4.69, 9.17) is 0 Å². The lowest BCUT2D eigenvalue weighted by molar-refractivity contribution is -0.116. The molecule has 0 spiro atoms. The minimum Gasteiger partial charge on any atom is -0.385 e. The molecule has 3 rings (SSSR count). The van der Waals surface area contributed by atoms with E-state index in [0.717, 1.165) is 43.2 Å². The van der Waals surface area contributed by atoms with Crippen molar-refractivity contribution in [3.05, 3.63) is 48.5 Å². The standard InChI is InChI=1S/C22H29N5O2/c1-17(28)24-19-5-3-18(4-6-19)23-12-11-22(29)25-20-7-9-21(10-8-20)27-15-13-26(2)14-16-27/h3-10,23H,11-16H2,1-2H3,(H,24,28)(H,25,29). The van der Waals surface area contributed by atoms with Crippen molar-refractivity contribution in [3.8, 4) is 0 Å². The summed E-state index contributed by atoms with van der Waals surface area (Å²) in [5.41, 5.74) is 3.66. The number of carbonyl (C=O) groups is 2. The second kappa shape index (κ2) is 9.93. The minimum atomic E-state index is -0.0982. The molecule has 0 unspecified atom stereocenters. The Morgan fingerprint density at radius 2 is 1.38 bits per heavy atom. The number of nitrogens with zero attached hydrogens (tertiary/aromatic N) is 2. The van der Waals surface area contributed by atoms with Crippen LogP contribution in [-0.2, 0) is 9.59 Å². The second-order valence-electron chi connectivity index (χ2n) is 7.32. The van der Waals surface area contributed by atoms with Crippen LogP contribution in [0.4, 0.5) is 22.7 Å². The van der Waals surface area contributed by atoms with Crippen molar-refractivity contribution in [1.29, 1.82) is 0 Å². The van der Waals surface area contributed by atoms with Crippen LogP contribution in [0.2, 0.25) is 0 Å². The molecule has 2 amide bonds. The van der Waals surface area contributed by atoms with Crippen LogP contribution in [0, 0.1) is 0 Å². The molecule has 2 aromatic carbocycles. The van der Waals surface area contributed by atoms with Crippen LogP contribution >= 0.6 is 0 Å². The van der Waals surface area contributed by atoms with E-state index in [1.807, 2.05) is 36.4 Å². The minimum absolute atomic E-state index is 0.0280. The molecule has 3 N–H and O–H groups in total. The van der Waals surface area contributed by atoms with E-state index in [9.17, 15) is 9.59 Å². The van der Waals surface area contributed by atoms with Gasteiger partial charge in [-0.15, -0.1) is 0 Å². The number of rotatable bonds is 7. The van der Waals surface area contributed by atoms with Crippen LogP contribution in [-0.4, -0.2) is 56.5 Å². The molecule has 2 aromatic rings. The summed E-state index contributed by atoms with van der Waals surface area (Å²) in [6.45, 7) is 6.21. The maximum atomic E-state index is 12.2. The third kappa shape index (κ3) is 6.50. The first-order valence-corrected chi connectivity index (χ1v) is 9.94. The number of hydrogen-bond acceptors (Lipinski definition) is 5. The van der Waals surface area contributed by atoms with Crippen LogP contribution in [0.5, 0.6) is 0 Å². The normalized spacial score (nSPS) is 14.3. The number of piperazine rings is 1. The van der Waals surface area contributed by atoms with Gasteiger partial charge in [0.2, 0.25) is 11.8 Å². The summed E-state index contributed by atoms with van der Waals surface area (Å²) in [5.74, 6) is -0.126. The molecule has 0 aromatic heterocycles. The molecule has 7 nitrogen and oxygen atoms in total. The van der Waals surface area contributed by atoms with Crippen LogP contribution in [0.25, 0.3) is 0 Å². The van der Waals surface area contributed by atoms with Crippen molar-refractivity contribution in [1.82, 2.24) is 4.90 Å². The molecule has 29 heavy (non-hydrogen) atoms. The molecular weight excluding hydrogens is 366 g/mol. The fourth-order valence-corrected chi connectivity index (χ4v) is 3.24. The molecule has 0 atom stereocenters. The van der Waals surface area contributed by atoms with Gasteiger partial charge in [0.1, 0.15) is 0 Å². The van der Waals surface area contributed by atoms with Crippen molar-refractivity contribution in [3.63, 3.8) is 0 Å². The Kier molecular flexibility index (Phi) is 7.08. The van der Waals surface area contributed by atoms with Crippen molar-refractivity contribution in [2.75, 3.05) is 60.6 Å². The van der Waals surface area contributed by atoms with Gasteiger partial charge in [-0.2, -0.15) is 0 Å². The quantitative estimate of drug-likeness (QED) is 0.672.